The van der Waals surface area contributed by atoms with E-state index < -0.39 is 9.84 Å². The van der Waals surface area contributed by atoms with Crippen LogP contribution >= 0.6 is 24.4 Å². The van der Waals surface area contributed by atoms with Crippen molar-refractivity contribution >= 4 is 55.6 Å². The highest BCUT2D eigenvalue weighted by Crippen LogP contribution is 2.23. The van der Waals surface area contributed by atoms with Crippen LogP contribution in [-0.4, -0.2) is 18.4 Å². The number of thiocarbonyl (C=S) groups is 2. The molecule has 124 valence electrons. The Morgan fingerprint density at radius 2 is 1.08 bits per heavy atom. The van der Waals surface area contributed by atoms with Crippen LogP contribution in [0.25, 0.3) is 0 Å². The maximum absolute atomic E-state index is 12.6. The van der Waals surface area contributed by atoms with Gasteiger partial charge in [0.25, 0.3) is 0 Å². The SMILES string of the molecule is N#CC(=S)Nc1ccc(S(=O)(=O)c2ccc(NC(=S)C#N)cc2)cc1. The average molecular weight is 386 g/mol. The van der Waals surface area contributed by atoms with Crippen molar-refractivity contribution in [2.24, 2.45) is 0 Å². The standard InChI is InChI=1S/C16H10N4O2S3/c17-9-15(23)19-11-1-5-13(6-2-11)25(21,22)14-7-3-12(4-8-14)20-16(24)10-18/h1-8H,(H,19,23)(H,20,24). The smallest absolute Gasteiger partial charge is 0.206 e. The number of sulfone groups is 1. The Hall–Kier alpha value is -2.85. The molecule has 2 aromatic carbocycles. The summed E-state index contributed by atoms with van der Waals surface area (Å²) in [5.74, 6) is 0. The molecule has 0 spiro atoms. The lowest BCUT2D eigenvalue weighted by molar-refractivity contribution is 0.596. The quantitative estimate of drug-likeness (QED) is 0.773. The van der Waals surface area contributed by atoms with Gasteiger partial charge in [-0.3, -0.25) is 0 Å². The monoisotopic (exact) mass is 386 g/mol. The molecule has 0 unspecified atom stereocenters. The van der Waals surface area contributed by atoms with Crippen molar-refractivity contribution < 1.29 is 8.42 Å². The molecule has 0 bridgehead atoms. The summed E-state index contributed by atoms with van der Waals surface area (Å²) < 4.78 is 25.2. The van der Waals surface area contributed by atoms with Gasteiger partial charge in [-0.05, 0) is 73.0 Å². The van der Waals surface area contributed by atoms with Crippen molar-refractivity contribution in [2.45, 2.75) is 9.79 Å². The van der Waals surface area contributed by atoms with Gasteiger partial charge in [0.05, 0.1) is 9.79 Å². The molecule has 2 aromatic rings. The molecule has 0 atom stereocenters. The fourth-order valence-corrected chi connectivity index (χ4v) is 3.39. The van der Waals surface area contributed by atoms with E-state index in [0.717, 1.165) is 0 Å². The van der Waals surface area contributed by atoms with Gasteiger partial charge in [0.1, 0.15) is 12.1 Å². The Morgan fingerprint density at radius 3 is 1.36 bits per heavy atom. The summed E-state index contributed by atoms with van der Waals surface area (Å²) in [4.78, 5) is 0.200. The molecule has 9 heteroatoms. The summed E-state index contributed by atoms with van der Waals surface area (Å²) in [6.45, 7) is 0. The lowest BCUT2D eigenvalue weighted by Crippen LogP contribution is -2.07. The fourth-order valence-electron chi connectivity index (χ4n) is 1.89. The highest BCUT2D eigenvalue weighted by molar-refractivity contribution is 7.91. The topological polar surface area (TPSA) is 106 Å². The van der Waals surface area contributed by atoms with Gasteiger partial charge < -0.3 is 10.6 Å². The second-order valence-corrected chi connectivity index (χ2v) is 7.45. The van der Waals surface area contributed by atoms with E-state index in [9.17, 15) is 8.42 Å². The van der Waals surface area contributed by atoms with Gasteiger partial charge in [-0.15, -0.1) is 0 Å². The number of hydrogen-bond donors (Lipinski definition) is 2. The Labute approximate surface area is 155 Å². The minimum atomic E-state index is -3.69. The first-order chi connectivity index (χ1) is 11.9. The van der Waals surface area contributed by atoms with E-state index in [2.05, 4.69) is 10.6 Å². The first kappa shape index (κ1) is 18.5. The molecule has 0 fully saturated rings. The molecule has 0 heterocycles. The Bertz CT molecular complexity index is 922. The van der Waals surface area contributed by atoms with E-state index in [4.69, 9.17) is 35.0 Å². The summed E-state index contributed by atoms with van der Waals surface area (Å²) in [6.07, 6.45) is 0. The summed E-state index contributed by atoms with van der Waals surface area (Å²) in [5, 5.41) is 22.6. The fraction of sp³-hybridized carbons (Fsp3) is 0. The lowest BCUT2D eigenvalue weighted by Gasteiger charge is -2.08. The van der Waals surface area contributed by atoms with Crippen molar-refractivity contribution in [1.29, 1.82) is 10.5 Å². The van der Waals surface area contributed by atoms with Crippen LogP contribution in [0.5, 0.6) is 0 Å². The average Bonchev–Trinajstić information content (AvgIpc) is 2.62. The van der Waals surface area contributed by atoms with E-state index in [1.807, 2.05) is 0 Å². The maximum atomic E-state index is 12.6. The van der Waals surface area contributed by atoms with Gasteiger partial charge in [0.15, 0.2) is 9.98 Å². The van der Waals surface area contributed by atoms with E-state index in [1.165, 1.54) is 48.5 Å². The van der Waals surface area contributed by atoms with E-state index in [-0.39, 0.29) is 19.8 Å². The van der Waals surface area contributed by atoms with Gasteiger partial charge in [-0.25, -0.2) is 8.42 Å². The molecule has 0 aliphatic carbocycles. The van der Waals surface area contributed by atoms with Crippen molar-refractivity contribution in [2.75, 3.05) is 10.6 Å². The number of nitriles is 2. The zero-order valence-corrected chi connectivity index (χ0v) is 15.0. The van der Waals surface area contributed by atoms with E-state index >= 15 is 0 Å². The summed E-state index contributed by atoms with van der Waals surface area (Å²) in [5.41, 5.74) is 1.05. The molecule has 0 saturated heterocycles. The molecule has 0 aliphatic rings. The van der Waals surface area contributed by atoms with E-state index in [1.54, 1.807) is 12.1 Å². The van der Waals surface area contributed by atoms with Gasteiger partial charge in [0, 0.05) is 11.4 Å². The first-order valence-electron chi connectivity index (χ1n) is 6.74. The molecular weight excluding hydrogens is 376 g/mol. The van der Waals surface area contributed by atoms with Gasteiger partial charge in [-0.2, -0.15) is 10.5 Å². The third-order valence-electron chi connectivity index (χ3n) is 3.05. The van der Waals surface area contributed by atoms with Gasteiger partial charge in [-0.1, -0.05) is 0 Å². The van der Waals surface area contributed by atoms with Crippen molar-refractivity contribution in [1.82, 2.24) is 0 Å². The zero-order chi connectivity index (χ0) is 18.4. The molecule has 25 heavy (non-hydrogen) atoms. The second-order valence-electron chi connectivity index (χ2n) is 4.68. The molecule has 0 aromatic heterocycles. The second kappa shape index (κ2) is 7.81. The number of hydrogen-bond acceptors (Lipinski definition) is 6. The van der Waals surface area contributed by atoms with Crippen molar-refractivity contribution in [3.8, 4) is 12.1 Å². The molecule has 0 radical (unpaired) electrons. The Balaban J connectivity index is 2.24. The molecule has 0 aliphatic heterocycles. The predicted molar refractivity (Wildman–Crippen MR) is 102 cm³/mol. The van der Waals surface area contributed by atoms with E-state index in [0.29, 0.717) is 11.4 Å². The van der Waals surface area contributed by atoms with Crippen LogP contribution in [0.4, 0.5) is 11.4 Å². The van der Waals surface area contributed by atoms with Crippen LogP contribution in [-0.2, 0) is 9.84 Å². The van der Waals surface area contributed by atoms with Crippen LogP contribution < -0.4 is 10.6 Å². The maximum Gasteiger partial charge on any atom is 0.206 e. The predicted octanol–water partition coefficient (Wildman–Crippen LogP) is 3.05. The van der Waals surface area contributed by atoms with Crippen LogP contribution in [0.15, 0.2) is 58.3 Å². The Kier molecular flexibility index (Phi) is 5.78. The Morgan fingerprint density at radius 1 is 0.760 bits per heavy atom. The zero-order valence-electron chi connectivity index (χ0n) is 12.6. The number of nitrogens with zero attached hydrogens (tertiary/aromatic N) is 2. The number of rotatable bonds is 4. The largest absolute Gasteiger partial charge is 0.338 e. The van der Waals surface area contributed by atoms with Crippen LogP contribution in [0.3, 0.4) is 0 Å². The highest BCUT2D eigenvalue weighted by Gasteiger charge is 2.17. The summed E-state index contributed by atoms with van der Waals surface area (Å²) >= 11 is 9.49. The number of benzene rings is 2. The molecule has 6 nitrogen and oxygen atoms in total. The van der Waals surface area contributed by atoms with Crippen LogP contribution in [0.1, 0.15) is 0 Å². The highest BCUT2D eigenvalue weighted by atomic mass is 32.2. The minimum Gasteiger partial charge on any atom is -0.338 e. The van der Waals surface area contributed by atoms with Crippen LogP contribution in [0, 0.1) is 22.7 Å². The molecule has 0 saturated carbocycles. The summed E-state index contributed by atoms with van der Waals surface area (Å²) in [6, 6.07) is 15.4. The lowest BCUT2D eigenvalue weighted by atomic mass is 10.3. The number of anilines is 2. The molecule has 2 N–H and O–H groups in total. The third-order valence-corrected chi connectivity index (χ3v) is 5.22. The number of nitrogens with one attached hydrogen (secondary N) is 2. The first-order valence-corrected chi connectivity index (χ1v) is 9.04. The van der Waals surface area contributed by atoms with Gasteiger partial charge >= 0.3 is 0 Å². The molecular formula is C16H10N4O2S3. The van der Waals surface area contributed by atoms with Crippen molar-refractivity contribution in [3.63, 3.8) is 0 Å². The van der Waals surface area contributed by atoms with Gasteiger partial charge in [0.2, 0.25) is 9.84 Å². The molecule has 0 amide bonds. The summed E-state index contributed by atoms with van der Waals surface area (Å²) in [7, 11) is -3.69. The third kappa shape index (κ3) is 4.58. The minimum absolute atomic E-state index is 0.00557. The molecule has 2 rings (SSSR count). The van der Waals surface area contributed by atoms with Crippen molar-refractivity contribution in [3.05, 3.63) is 48.5 Å². The normalized spacial score (nSPS) is 10.2. The van der Waals surface area contributed by atoms with Crippen LogP contribution in [0.2, 0.25) is 0 Å².